The Kier molecular flexibility index (Phi) is 3.97. The fourth-order valence-electron chi connectivity index (χ4n) is 1.98. The number of thiophene rings is 1. The molecule has 7 heteroatoms. The highest BCUT2D eigenvalue weighted by atomic mass is 32.1. The zero-order chi connectivity index (χ0) is 15.5. The van der Waals surface area contributed by atoms with Gasteiger partial charge in [-0.3, -0.25) is 4.79 Å². The van der Waals surface area contributed by atoms with Gasteiger partial charge in [-0.1, -0.05) is 12.1 Å². The number of Topliss-reactive ketones (excluding diaryl/α,β-unsaturated/α-hetero) is 1. The number of hydrogen-bond acceptors (Lipinski definition) is 6. The van der Waals surface area contributed by atoms with E-state index in [1.165, 1.54) is 16.1 Å². The Bertz CT molecular complexity index is 809. The van der Waals surface area contributed by atoms with Crippen LogP contribution in [-0.4, -0.2) is 33.1 Å². The number of ketones is 1. The van der Waals surface area contributed by atoms with Crippen molar-refractivity contribution in [3.05, 3.63) is 46.2 Å². The molecule has 0 bridgehead atoms. The number of aryl methyl sites for hydroxylation is 1. The second-order valence-corrected chi connectivity index (χ2v) is 6.00. The second kappa shape index (κ2) is 6.07. The summed E-state index contributed by atoms with van der Waals surface area (Å²) in [5, 5.41) is 12.2. The van der Waals surface area contributed by atoms with Gasteiger partial charge in [0.05, 0.1) is 12.0 Å². The van der Waals surface area contributed by atoms with E-state index in [0.29, 0.717) is 10.7 Å². The first-order valence-electron chi connectivity index (χ1n) is 6.67. The first-order chi connectivity index (χ1) is 10.7. The Balaban J connectivity index is 1.77. The van der Waals surface area contributed by atoms with Crippen LogP contribution in [0.5, 0.6) is 5.75 Å². The molecule has 0 saturated carbocycles. The largest absolute Gasteiger partial charge is 0.497 e. The minimum atomic E-state index is -0.0207. The number of benzene rings is 1. The van der Waals surface area contributed by atoms with Crippen molar-refractivity contribution in [1.29, 1.82) is 0 Å². The van der Waals surface area contributed by atoms with Crippen LogP contribution in [0.25, 0.3) is 11.4 Å². The Morgan fingerprint density at radius 2 is 2.18 bits per heavy atom. The molecule has 0 aliphatic carbocycles. The van der Waals surface area contributed by atoms with Crippen molar-refractivity contribution in [1.82, 2.24) is 20.2 Å². The number of nitrogens with zero attached hydrogens (tertiary/aromatic N) is 4. The average molecular weight is 314 g/mol. The number of hydrogen-bond donors (Lipinski definition) is 0. The number of ether oxygens (including phenoxy) is 1. The molecule has 0 radical (unpaired) electrons. The Labute approximate surface area is 131 Å². The summed E-state index contributed by atoms with van der Waals surface area (Å²) in [7, 11) is 1.60. The zero-order valence-electron chi connectivity index (χ0n) is 12.2. The number of carbonyl (C=O) groups is 1. The standard InChI is InChI=1S/C15H14N4O2S/c1-10-6-7-14(22-10)13(20)9-19-17-15(16-18-19)11-4-3-5-12(8-11)21-2/h3-8H,9H2,1-2H3. The molecule has 0 unspecified atom stereocenters. The summed E-state index contributed by atoms with van der Waals surface area (Å²) in [6.07, 6.45) is 0. The molecule has 3 rings (SSSR count). The second-order valence-electron chi connectivity index (χ2n) is 4.71. The summed E-state index contributed by atoms with van der Waals surface area (Å²) >= 11 is 1.47. The molecule has 2 heterocycles. The Morgan fingerprint density at radius 3 is 2.91 bits per heavy atom. The Hall–Kier alpha value is -2.54. The van der Waals surface area contributed by atoms with Crippen LogP contribution in [0.1, 0.15) is 14.5 Å². The Morgan fingerprint density at radius 1 is 1.32 bits per heavy atom. The molecule has 112 valence electrons. The lowest BCUT2D eigenvalue weighted by Gasteiger charge is -2.00. The van der Waals surface area contributed by atoms with Gasteiger partial charge in [-0.05, 0) is 36.4 Å². The van der Waals surface area contributed by atoms with Crippen molar-refractivity contribution in [2.24, 2.45) is 0 Å². The fraction of sp³-hybridized carbons (Fsp3) is 0.200. The van der Waals surface area contributed by atoms with Crippen molar-refractivity contribution in [3.63, 3.8) is 0 Å². The van der Waals surface area contributed by atoms with E-state index >= 15 is 0 Å². The third-order valence-electron chi connectivity index (χ3n) is 3.08. The maximum Gasteiger partial charge on any atom is 0.205 e. The quantitative estimate of drug-likeness (QED) is 0.677. The van der Waals surface area contributed by atoms with Crippen LogP contribution in [-0.2, 0) is 6.54 Å². The fourth-order valence-corrected chi connectivity index (χ4v) is 2.78. The zero-order valence-corrected chi connectivity index (χ0v) is 13.0. The molecule has 0 spiro atoms. The lowest BCUT2D eigenvalue weighted by molar-refractivity contribution is 0.0965. The van der Waals surface area contributed by atoms with Crippen LogP contribution in [0, 0.1) is 6.92 Å². The van der Waals surface area contributed by atoms with Crippen LogP contribution < -0.4 is 4.74 Å². The van der Waals surface area contributed by atoms with Gasteiger partial charge in [-0.15, -0.1) is 21.5 Å². The van der Waals surface area contributed by atoms with E-state index in [1.54, 1.807) is 7.11 Å². The lowest BCUT2D eigenvalue weighted by Crippen LogP contribution is -2.12. The lowest BCUT2D eigenvalue weighted by atomic mass is 10.2. The third-order valence-corrected chi connectivity index (χ3v) is 4.12. The molecule has 0 amide bonds. The highest BCUT2D eigenvalue weighted by Gasteiger charge is 2.12. The summed E-state index contributed by atoms with van der Waals surface area (Å²) in [5.74, 6) is 1.17. The smallest absolute Gasteiger partial charge is 0.205 e. The average Bonchev–Trinajstić information content (AvgIpc) is 3.16. The van der Waals surface area contributed by atoms with Crippen LogP contribution in [0.2, 0.25) is 0 Å². The van der Waals surface area contributed by atoms with Crippen molar-refractivity contribution in [2.45, 2.75) is 13.5 Å². The van der Waals surface area contributed by atoms with Gasteiger partial charge in [0, 0.05) is 10.4 Å². The van der Waals surface area contributed by atoms with Crippen molar-refractivity contribution < 1.29 is 9.53 Å². The molecular weight excluding hydrogens is 300 g/mol. The first-order valence-corrected chi connectivity index (χ1v) is 7.49. The van der Waals surface area contributed by atoms with Gasteiger partial charge < -0.3 is 4.74 Å². The summed E-state index contributed by atoms with van der Waals surface area (Å²) in [6, 6.07) is 11.1. The van der Waals surface area contributed by atoms with E-state index in [2.05, 4.69) is 15.4 Å². The highest BCUT2D eigenvalue weighted by molar-refractivity contribution is 7.14. The summed E-state index contributed by atoms with van der Waals surface area (Å²) in [6.45, 7) is 2.05. The number of tetrazole rings is 1. The van der Waals surface area contributed by atoms with Crippen LogP contribution >= 0.6 is 11.3 Å². The molecular formula is C15H14N4O2S. The molecule has 1 aromatic carbocycles. The number of aromatic nitrogens is 4. The summed E-state index contributed by atoms with van der Waals surface area (Å²) in [4.78, 5) is 15.3. The van der Waals surface area contributed by atoms with E-state index in [1.807, 2.05) is 43.3 Å². The van der Waals surface area contributed by atoms with E-state index < -0.39 is 0 Å². The van der Waals surface area contributed by atoms with Gasteiger partial charge in [0.1, 0.15) is 12.3 Å². The number of carbonyl (C=O) groups excluding carboxylic acids is 1. The van der Waals surface area contributed by atoms with Gasteiger partial charge in [-0.25, -0.2) is 0 Å². The molecule has 3 aromatic rings. The number of rotatable bonds is 5. The van der Waals surface area contributed by atoms with Crippen molar-refractivity contribution >= 4 is 17.1 Å². The maximum absolute atomic E-state index is 12.1. The van der Waals surface area contributed by atoms with E-state index in [0.717, 1.165) is 16.2 Å². The SMILES string of the molecule is COc1cccc(-c2nnn(CC(=O)c3ccc(C)s3)n2)c1. The third kappa shape index (κ3) is 3.04. The first kappa shape index (κ1) is 14.4. The van der Waals surface area contributed by atoms with Gasteiger partial charge in [-0.2, -0.15) is 4.80 Å². The molecule has 0 aliphatic heterocycles. The predicted octanol–water partition coefficient (Wildman–Crippen LogP) is 2.60. The van der Waals surface area contributed by atoms with Gasteiger partial charge in [0.2, 0.25) is 5.82 Å². The van der Waals surface area contributed by atoms with Crippen molar-refractivity contribution in [3.8, 4) is 17.1 Å². The normalized spacial score (nSPS) is 10.6. The topological polar surface area (TPSA) is 69.9 Å². The molecule has 2 aromatic heterocycles. The molecule has 0 fully saturated rings. The number of methoxy groups -OCH3 is 1. The van der Waals surface area contributed by atoms with E-state index in [9.17, 15) is 4.79 Å². The van der Waals surface area contributed by atoms with Crippen LogP contribution in [0.15, 0.2) is 36.4 Å². The summed E-state index contributed by atoms with van der Waals surface area (Å²) in [5.41, 5.74) is 0.796. The predicted molar refractivity (Wildman–Crippen MR) is 83.2 cm³/mol. The molecule has 0 saturated heterocycles. The highest BCUT2D eigenvalue weighted by Crippen LogP contribution is 2.20. The summed E-state index contributed by atoms with van der Waals surface area (Å²) < 4.78 is 5.17. The van der Waals surface area contributed by atoms with E-state index in [4.69, 9.17) is 4.74 Å². The molecule has 0 N–H and O–H groups in total. The molecule has 0 aliphatic rings. The van der Waals surface area contributed by atoms with Crippen LogP contribution in [0.3, 0.4) is 0 Å². The van der Waals surface area contributed by atoms with Crippen LogP contribution in [0.4, 0.5) is 0 Å². The minimum Gasteiger partial charge on any atom is -0.497 e. The van der Waals surface area contributed by atoms with Gasteiger partial charge in [0.25, 0.3) is 0 Å². The minimum absolute atomic E-state index is 0.0207. The van der Waals surface area contributed by atoms with E-state index in [-0.39, 0.29) is 12.3 Å². The van der Waals surface area contributed by atoms with Crippen molar-refractivity contribution in [2.75, 3.05) is 7.11 Å². The van der Waals surface area contributed by atoms with Gasteiger partial charge >= 0.3 is 0 Å². The molecule has 22 heavy (non-hydrogen) atoms. The molecule has 6 nitrogen and oxygen atoms in total. The van der Waals surface area contributed by atoms with Gasteiger partial charge in [0.15, 0.2) is 5.78 Å². The monoisotopic (exact) mass is 314 g/mol. The molecule has 0 atom stereocenters. The maximum atomic E-state index is 12.1.